The molecule has 0 aromatic carbocycles. The van der Waals surface area contributed by atoms with Gasteiger partial charge < -0.3 is 30.1 Å². The van der Waals surface area contributed by atoms with E-state index in [1.54, 1.807) is 20.8 Å². The number of carbonyl (C=O) groups excluding carboxylic acids is 4. The first-order valence-corrected chi connectivity index (χ1v) is 12.8. The van der Waals surface area contributed by atoms with E-state index in [9.17, 15) is 24.3 Å². The lowest BCUT2D eigenvalue weighted by Gasteiger charge is -2.33. The van der Waals surface area contributed by atoms with Crippen LogP contribution in [0.15, 0.2) is 12.2 Å². The summed E-state index contributed by atoms with van der Waals surface area (Å²) in [5.74, 6) is -1.68. The Labute approximate surface area is 213 Å². The van der Waals surface area contributed by atoms with E-state index >= 15 is 0 Å². The number of alkyl carbamates (subject to hydrolysis) is 1. The molecule has 10 nitrogen and oxygen atoms in total. The van der Waals surface area contributed by atoms with Crippen molar-refractivity contribution in [3.8, 4) is 0 Å². The van der Waals surface area contributed by atoms with Crippen molar-refractivity contribution in [1.29, 1.82) is 0 Å². The molecule has 1 unspecified atom stereocenters. The van der Waals surface area contributed by atoms with Gasteiger partial charge in [-0.1, -0.05) is 26.0 Å². The average Bonchev–Trinajstić information content (AvgIpc) is 3.32. The van der Waals surface area contributed by atoms with Crippen LogP contribution in [0.5, 0.6) is 0 Å². The molecular formula is C26H41N3O7. The smallest absolute Gasteiger partial charge is 0.408 e. The fourth-order valence-corrected chi connectivity index (χ4v) is 5.33. The minimum Gasteiger partial charge on any atom is -0.467 e. The third kappa shape index (κ3) is 6.38. The second kappa shape index (κ2) is 10.8. The second-order valence-corrected chi connectivity index (χ2v) is 11.6. The number of aliphatic hydroxyl groups excluding tert-OH is 1. The minimum absolute atomic E-state index is 0.0409. The van der Waals surface area contributed by atoms with Crippen molar-refractivity contribution in [1.82, 2.24) is 15.5 Å². The van der Waals surface area contributed by atoms with Crippen LogP contribution in [-0.2, 0) is 23.9 Å². The van der Waals surface area contributed by atoms with Crippen LogP contribution in [0.4, 0.5) is 4.79 Å². The van der Waals surface area contributed by atoms with Crippen LogP contribution in [0.25, 0.3) is 0 Å². The number of fused-ring (bicyclic) bond motifs is 2. The van der Waals surface area contributed by atoms with Crippen LogP contribution in [0.3, 0.4) is 0 Å². The molecule has 36 heavy (non-hydrogen) atoms. The largest absolute Gasteiger partial charge is 0.467 e. The number of aliphatic hydroxyl groups is 1. The lowest BCUT2D eigenvalue weighted by atomic mass is 9.88. The zero-order chi connectivity index (χ0) is 26.8. The second-order valence-electron chi connectivity index (χ2n) is 11.6. The highest BCUT2D eigenvalue weighted by Crippen LogP contribution is 2.46. The molecule has 0 aromatic rings. The van der Waals surface area contributed by atoms with Gasteiger partial charge >= 0.3 is 12.1 Å². The summed E-state index contributed by atoms with van der Waals surface area (Å²) < 4.78 is 10.4. The number of hydrogen-bond acceptors (Lipinski definition) is 7. The number of hydrogen-bond donors (Lipinski definition) is 3. The highest BCUT2D eigenvalue weighted by Gasteiger charge is 2.62. The predicted molar refractivity (Wildman–Crippen MR) is 132 cm³/mol. The number of allylic oxidation sites excluding steroid dienone is 1. The maximum absolute atomic E-state index is 13.8. The van der Waals surface area contributed by atoms with Crippen molar-refractivity contribution >= 4 is 23.9 Å². The van der Waals surface area contributed by atoms with Crippen LogP contribution < -0.4 is 10.6 Å². The fourth-order valence-electron chi connectivity index (χ4n) is 5.33. The van der Waals surface area contributed by atoms with Crippen molar-refractivity contribution in [2.75, 3.05) is 13.7 Å². The van der Waals surface area contributed by atoms with Gasteiger partial charge in [-0.25, -0.2) is 9.59 Å². The third-order valence-corrected chi connectivity index (χ3v) is 7.25. The minimum atomic E-state index is -1.17. The number of nitrogens with zero attached hydrogens (tertiary/aromatic N) is 1. The molecule has 0 aromatic heterocycles. The van der Waals surface area contributed by atoms with Crippen LogP contribution in [0.2, 0.25) is 0 Å². The molecular weight excluding hydrogens is 466 g/mol. The topological polar surface area (TPSA) is 134 Å². The van der Waals surface area contributed by atoms with E-state index in [1.807, 2.05) is 19.1 Å². The number of rotatable bonds is 2. The number of amides is 3. The maximum Gasteiger partial charge on any atom is 0.408 e. The van der Waals surface area contributed by atoms with Crippen molar-refractivity contribution in [2.45, 2.75) is 96.1 Å². The summed E-state index contributed by atoms with van der Waals surface area (Å²) in [5.41, 5.74) is -1.91. The molecule has 2 heterocycles. The molecule has 0 spiro atoms. The van der Waals surface area contributed by atoms with Crippen molar-refractivity contribution in [2.24, 2.45) is 17.8 Å². The van der Waals surface area contributed by atoms with Crippen molar-refractivity contribution in [3.63, 3.8) is 0 Å². The maximum atomic E-state index is 13.8. The summed E-state index contributed by atoms with van der Waals surface area (Å²) in [4.78, 5) is 53.8. The lowest BCUT2D eigenvalue weighted by Crippen LogP contribution is -2.58. The summed E-state index contributed by atoms with van der Waals surface area (Å²) >= 11 is 0. The molecule has 1 saturated heterocycles. The van der Waals surface area contributed by atoms with E-state index in [1.165, 1.54) is 12.0 Å². The van der Waals surface area contributed by atoms with Gasteiger partial charge in [-0.3, -0.25) is 9.59 Å². The lowest BCUT2D eigenvalue weighted by molar-refractivity contribution is -0.148. The monoisotopic (exact) mass is 507 g/mol. The highest BCUT2D eigenvalue weighted by atomic mass is 16.6. The molecule has 1 saturated carbocycles. The number of nitrogens with one attached hydrogen (secondary N) is 2. The Kier molecular flexibility index (Phi) is 8.37. The first-order chi connectivity index (χ1) is 16.8. The van der Waals surface area contributed by atoms with Gasteiger partial charge in [-0.05, 0) is 58.3 Å². The zero-order valence-electron chi connectivity index (χ0n) is 22.2. The Morgan fingerprint density at radius 2 is 1.92 bits per heavy atom. The number of esters is 1. The summed E-state index contributed by atoms with van der Waals surface area (Å²) in [7, 11) is 1.28. The van der Waals surface area contributed by atoms with Gasteiger partial charge in [0, 0.05) is 18.9 Å². The Morgan fingerprint density at radius 3 is 2.56 bits per heavy atom. The van der Waals surface area contributed by atoms with Gasteiger partial charge in [-0.2, -0.15) is 0 Å². The fraction of sp³-hybridized carbons (Fsp3) is 0.769. The van der Waals surface area contributed by atoms with Gasteiger partial charge in [0.15, 0.2) is 0 Å². The number of ether oxygens (including phenoxy) is 2. The molecule has 7 atom stereocenters. The first-order valence-electron chi connectivity index (χ1n) is 12.8. The molecule has 3 N–H and O–H groups in total. The Balaban J connectivity index is 1.92. The van der Waals surface area contributed by atoms with Crippen molar-refractivity contribution < 1.29 is 33.8 Å². The Hall–Kier alpha value is -2.62. The summed E-state index contributed by atoms with van der Waals surface area (Å²) in [6.45, 7) is 9.17. The van der Waals surface area contributed by atoms with E-state index < -0.39 is 53.2 Å². The van der Waals surface area contributed by atoms with Gasteiger partial charge in [0.25, 0.3) is 0 Å². The molecule has 3 amide bonds. The number of methoxy groups -OCH3 is 1. The van der Waals surface area contributed by atoms with E-state index in [-0.39, 0.29) is 30.7 Å². The van der Waals surface area contributed by atoms with E-state index in [2.05, 4.69) is 17.6 Å². The molecule has 202 valence electrons. The average molecular weight is 508 g/mol. The van der Waals surface area contributed by atoms with Gasteiger partial charge in [0.05, 0.1) is 13.2 Å². The Bertz CT molecular complexity index is 898. The standard InChI is InChI=1S/C26H41N3O7/c1-15-9-7-8-10-17-13-26(17,23(33)35-6)28-21(31)19-12-18(30)14-29(19)22(32)20(16(2)11-15)27-24(34)36-25(3,4)5/h8,10,15-20,30H,7,9,11-14H2,1-6H3,(H,27,34)(H,28,31)/b10-8-/t15?,16-,17-,18-,19+,20+,26-/m1/s1. The van der Waals surface area contributed by atoms with E-state index in [0.29, 0.717) is 12.8 Å². The molecule has 0 radical (unpaired) electrons. The van der Waals surface area contributed by atoms with Gasteiger partial charge in [-0.15, -0.1) is 0 Å². The van der Waals surface area contributed by atoms with Crippen LogP contribution in [-0.4, -0.2) is 76.9 Å². The van der Waals surface area contributed by atoms with E-state index in [4.69, 9.17) is 9.47 Å². The predicted octanol–water partition coefficient (Wildman–Crippen LogP) is 1.90. The zero-order valence-corrected chi connectivity index (χ0v) is 22.2. The molecule has 3 rings (SSSR count). The van der Waals surface area contributed by atoms with Gasteiger partial charge in [0.1, 0.15) is 23.2 Å². The summed E-state index contributed by atoms with van der Waals surface area (Å²) in [5, 5.41) is 15.9. The SMILES string of the molecule is COC(=O)[C@@]12C[C@H]1/C=C\CCC(C)C[C@@H](C)[C@H](NC(=O)OC(C)(C)C)C(=O)N1C[C@H](O)C[C@H]1C(=O)N2. The molecule has 2 aliphatic heterocycles. The Morgan fingerprint density at radius 1 is 1.22 bits per heavy atom. The van der Waals surface area contributed by atoms with E-state index in [0.717, 1.165) is 12.8 Å². The normalized spacial score (nSPS) is 36.4. The molecule has 0 bridgehead atoms. The quantitative estimate of drug-likeness (QED) is 0.384. The first kappa shape index (κ1) is 28.0. The molecule has 3 aliphatic rings. The van der Waals surface area contributed by atoms with Crippen LogP contribution in [0.1, 0.15) is 66.7 Å². The van der Waals surface area contributed by atoms with Crippen LogP contribution >= 0.6 is 0 Å². The molecule has 2 fully saturated rings. The van der Waals surface area contributed by atoms with Crippen LogP contribution in [0, 0.1) is 17.8 Å². The number of carbonyl (C=O) groups is 4. The highest BCUT2D eigenvalue weighted by molar-refractivity contribution is 5.96. The molecule has 1 aliphatic carbocycles. The molecule has 10 heteroatoms. The summed E-state index contributed by atoms with van der Waals surface area (Å²) in [6.07, 6.45) is 5.14. The third-order valence-electron chi connectivity index (χ3n) is 7.25. The van der Waals surface area contributed by atoms with Crippen molar-refractivity contribution in [3.05, 3.63) is 12.2 Å². The van der Waals surface area contributed by atoms with Gasteiger partial charge in [0.2, 0.25) is 11.8 Å². The summed E-state index contributed by atoms with van der Waals surface area (Å²) in [6, 6.07) is -1.91.